The summed E-state index contributed by atoms with van der Waals surface area (Å²) < 4.78 is 5.32. The Labute approximate surface area is 76.3 Å². The van der Waals surface area contributed by atoms with Gasteiger partial charge < -0.3 is 9.73 Å². The first kappa shape index (κ1) is 8.44. The van der Waals surface area contributed by atoms with Crippen LogP contribution in [0.5, 0.6) is 0 Å². The Balaban J connectivity index is 2.19. The molecule has 70 valence electrons. The Hall–Kier alpha value is -1.16. The first-order valence-corrected chi connectivity index (χ1v) is 4.43. The summed E-state index contributed by atoms with van der Waals surface area (Å²) >= 11 is 0. The quantitative estimate of drug-likeness (QED) is 0.688. The monoisotopic (exact) mass is 180 g/mol. The lowest BCUT2D eigenvalue weighted by Crippen LogP contribution is -2.35. The molecule has 4 nitrogen and oxygen atoms in total. The topological polar surface area (TPSA) is 55.1 Å². The van der Waals surface area contributed by atoms with Gasteiger partial charge in [-0.15, -0.1) is 0 Å². The second-order valence-electron chi connectivity index (χ2n) is 3.28. The van der Waals surface area contributed by atoms with Crippen LogP contribution < -0.4 is 5.32 Å². The number of hydrogen-bond acceptors (Lipinski definition) is 4. The second-order valence-corrected chi connectivity index (χ2v) is 3.28. The van der Waals surface area contributed by atoms with Gasteiger partial charge >= 0.3 is 0 Å². The van der Waals surface area contributed by atoms with Crippen molar-refractivity contribution in [2.24, 2.45) is 0 Å². The second kappa shape index (κ2) is 3.30. The van der Waals surface area contributed by atoms with E-state index in [1.165, 1.54) is 0 Å². The normalized spacial score (nSPS) is 23.5. The van der Waals surface area contributed by atoms with E-state index in [0.717, 1.165) is 12.3 Å². The van der Waals surface area contributed by atoms with E-state index >= 15 is 0 Å². The molecule has 0 radical (unpaired) electrons. The van der Waals surface area contributed by atoms with Crippen LogP contribution in [0.3, 0.4) is 0 Å². The lowest BCUT2D eigenvalue weighted by Gasteiger charge is -2.18. The number of aryl methyl sites for hydroxylation is 1. The molecule has 1 atom stereocenters. The third kappa shape index (κ3) is 1.62. The number of nitrogens with zero attached hydrogens (tertiary/aromatic N) is 1. The number of oxazole rings is 1. The maximum Gasteiger partial charge on any atom is 0.206 e. The van der Waals surface area contributed by atoms with Gasteiger partial charge in [0.05, 0.1) is 6.20 Å². The number of piperidine rings is 1. The molecule has 0 bridgehead atoms. The van der Waals surface area contributed by atoms with E-state index < -0.39 is 0 Å². The molecular formula is C9H12N2O2. The lowest BCUT2D eigenvalue weighted by molar-refractivity contribution is -0.121. The number of Topliss-reactive ketones (excluding diaryl/α,β-unsaturated/α-hetero) is 1. The maximum absolute atomic E-state index is 11.5. The standard InChI is InChI=1S/C9H12N2O2/c1-6-4-11-9(13-6)7-5-10-3-2-8(7)12/h4,7,10H,2-3,5H2,1H3. The third-order valence-electron chi connectivity index (χ3n) is 2.22. The fourth-order valence-electron chi connectivity index (χ4n) is 1.50. The number of nitrogens with one attached hydrogen (secondary N) is 1. The fourth-order valence-corrected chi connectivity index (χ4v) is 1.50. The molecule has 0 spiro atoms. The summed E-state index contributed by atoms with van der Waals surface area (Å²) in [4.78, 5) is 15.5. The van der Waals surface area contributed by atoms with Crippen molar-refractivity contribution >= 4 is 5.78 Å². The number of hydrogen-bond donors (Lipinski definition) is 1. The van der Waals surface area contributed by atoms with E-state index in [2.05, 4.69) is 10.3 Å². The van der Waals surface area contributed by atoms with E-state index in [9.17, 15) is 4.79 Å². The molecule has 0 saturated carbocycles. The number of aromatic nitrogens is 1. The molecule has 0 aromatic carbocycles. The molecule has 1 fully saturated rings. The Morgan fingerprint density at radius 1 is 1.69 bits per heavy atom. The van der Waals surface area contributed by atoms with Crippen LogP contribution in [-0.4, -0.2) is 23.9 Å². The Morgan fingerprint density at radius 3 is 3.15 bits per heavy atom. The van der Waals surface area contributed by atoms with Crippen molar-refractivity contribution in [3.63, 3.8) is 0 Å². The lowest BCUT2D eigenvalue weighted by atomic mass is 9.98. The molecule has 4 heteroatoms. The Kier molecular flexibility index (Phi) is 2.14. The van der Waals surface area contributed by atoms with Crippen LogP contribution in [0.2, 0.25) is 0 Å². The highest BCUT2D eigenvalue weighted by Crippen LogP contribution is 2.19. The van der Waals surface area contributed by atoms with Crippen molar-refractivity contribution in [3.8, 4) is 0 Å². The van der Waals surface area contributed by atoms with E-state index in [-0.39, 0.29) is 11.7 Å². The predicted molar refractivity (Wildman–Crippen MR) is 46.5 cm³/mol. The Morgan fingerprint density at radius 2 is 2.54 bits per heavy atom. The van der Waals surface area contributed by atoms with Gasteiger partial charge in [0, 0.05) is 19.5 Å². The van der Waals surface area contributed by atoms with Gasteiger partial charge in [-0.3, -0.25) is 4.79 Å². The van der Waals surface area contributed by atoms with Crippen molar-refractivity contribution in [2.75, 3.05) is 13.1 Å². The summed E-state index contributed by atoms with van der Waals surface area (Å²) in [6.07, 6.45) is 2.23. The molecule has 1 unspecified atom stereocenters. The summed E-state index contributed by atoms with van der Waals surface area (Å²) in [5.41, 5.74) is 0. The maximum atomic E-state index is 11.5. The zero-order valence-electron chi connectivity index (χ0n) is 7.54. The van der Waals surface area contributed by atoms with Gasteiger partial charge in [-0.1, -0.05) is 0 Å². The molecule has 0 amide bonds. The highest BCUT2D eigenvalue weighted by Gasteiger charge is 2.27. The minimum absolute atomic E-state index is 0.178. The van der Waals surface area contributed by atoms with Gasteiger partial charge in [-0.25, -0.2) is 4.98 Å². The van der Waals surface area contributed by atoms with Crippen LogP contribution in [0.25, 0.3) is 0 Å². The highest BCUT2D eigenvalue weighted by molar-refractivity contribution is 5.85. The minimum atomic E-state index is -0.178. The van der Waals surface area contributed by atoms with E-state index in [0.29, 0.717) is 18.9 Å². The van der Waals surface area contributed by atoms with Crippen LogP contribution in [0.4, 0.5) is 0 Å². The van der Waals surface area contributed by atoms with Crippen molar-refractivity contribution in [1.29, 1.82) is 0 Å². The van der Waals surface area contributed by atoms with Gasteiger partial charge in [0.1, 0.15) is 17.5 Å². The average molecular weight is 180 g/mol. The van der Waals surface area contributed by atoms with Crippen molar-refractivity contribution in [2.45, 2.75) is 19.3 Å². The van der Waals surface area contributed by atoms with E-state index in [4.69, 9.17) is 4.42 Å². The van der Waals surface area contributed by atoms with E-state index in [1.807, 2.05) is 6.92 Å². The summed E-state index contributed by atoms with van der Waals surface area (Å²) in [5, 5.41) is 3.15. The van der Waals surface area contributed by atoms with Crippen LogP contribution in [-0.2, 0) is 4.79 Å². The Bertz CT molecular complexity index is 319. The predicted octanol–water partition coefficient (Wildman–Crippen LogP) is 0.629. The summed E-state index contributed by atoms with van der Waals surface area (Å²) in [7, 11) is 0. The average Bonchev–Trinajstić information content (AvgIpc) is 2.53. The van der Waals surface area contributed by atoms with Crippen LogP contribution >= 0.6 is 0 Å². The molecule has 1 N–H and O–H groups in total. The molecule has 1 saturated heterocycles. The largest absolute Gasteiger partial charge is 0.445 e. The molecule has 0 aliphatic carbocycles. The van der Waals surface area contributed by atoms with E-state index in [1.54, 1.807) is 6.20 Å². The van der Waals surface area contributed by atoms with Gasteiger partial charge in [0.25, 0.3) is 0 Å². The summed E-state index contributed by atoms with van der Waals surface area (Å²) in [6.45, 7) is 3.26. The van der Waals surface area contributed by atoms with Gasteiger partial charge in [0.2, 0.25) is 5.89 Å². The van der Waals surface area contributed by atoms with Gasteiger partial charge in [-0.2, -0.15) is 0 Å². The van der Waals surface area contributed by atoms with Crippen molar-refractivity contribution in [3.05, 3.63) is 17.8 Å². The molecule has 2 heterocycles. The third-order valence-corrected chi connectivity index (χ3v) is 2.22. The molecule has 2 rings (SSSR count). The van der Waals surface area contributed by atoms with Gasteiger partial charge in [-0.05, 0) is 6.92 Å². The highest BCUT2D eigenvalue weighted by atomic mass is 16.4. The van der Waals surface area contributed by atoms with Crippen LogP contribution in [0, 0.1) is 6.92 Å². The summed E-state index contributed by atoms with van der Waals surface area (Å²) in [5.74, 6) is 1.35. The van der Waals surface area contributed by atoms with Crippen molar-refractivity contribution < 1.29 is 9.21 Å². The smallest absolute Gasteiger partial charge is 0.206 e. The van der Waals surface area contributed by atoms with Crippen LogP contribution in [0.1, 0.15) is 24.0 Å². The zero-order chi connectivity index (χ0) is 9.26. The number of ketones is 1. The first-order chi connectivity index (χ1) is 6.27. The fraction of sp³-hybridized carbons (Fsp3) is 0.556. The SMILES string of the molecule is Cc1cnc(C2CNCCC2=O)o1. The van der Waals surface area contributed by atoms with Crippen LogP contribution in [0.15, 0.2) is 10.6 Å². The van der Waals surface area contributed by atoms with Gasteiger partial charge in [0.15, 0.2) is 0 Å². The zero-order valence-corrected chi connectivity index (χ0v) is 7.54. The minimum Gasteiger partial charge on any atom is -0.445 e. The summed E-state index contributed by atoms with van der Waals surface area (Å²) in [6, 6.07) is 0. The van der Waals surface area contributed by atoms with Crippen molar-refractivity contribution in [1.82, 2.24) is 10.3 Å². The molecule has 1 aromatic rings. The molecule has 1 aliphatic rings. The molecular weight excluding hydrogens is 168 g/mol. The number of carbonyl (C=O) groups is 1. The number of rotatable bonds is 1. The first-order valence-electron chi connectivity index (χ1n) is 4.43. The molecule has 1 aliphatic heterocycles. The number of carbonyl (C=O) groups excluding carboxylic acids is 1. The molecule has 1 aromatic heterocycles. The molecule has 13 heavy (non-hydrogen) atoms.